The Hall–Kier alpha value is -2.29. The minimum absolute atomic E-state index is 0.0952. The van der Waals surface area contributed by atoms with Crippen LogP contribution in [0.2, 0.25) is 0 Å². The van der Waals surface area contributed by atoms with Crippen LogP contribution in [0.4, 0.5) is 18.9 Å². The van der Waals surface area contributed by atoms with Crippen molar-refractivity contribution >= 4 is 33.4 Å². The summed E-state index contributed by atoms with van der Waals surface area (Å²) in [6, 6.07) is 8.72. The minimum atomic E-state index is -4.23. The first-order chi connectivity index (χ1) is 13.2. The number of amides is 2. The van der Waals surface area contributed by atoms with Gasteiger partial charge in [0.15, 0.2) is 10.4 Å². The molecule has 2 atom stereocenters. The van der Waals surface area contributed by atoms with E-state index >= 15 is 0 Å². The summed E-state index contributed by atoms with van der Waals surface area (Å²) in [5.74, 6) is -2.11. The van der Waals surface area contributed by atoms with Crippen molar-refractivity contribution in [3.63, 3.8) is 0 Å². The lowest BCUT2D eigenvalue weighted by molar-refractivity contribution is -0.183. The Kier molecular flexibility index (Phi) is 6.12. The van der Waals surface area contributed by atoms with Crippen molar-refractivity contribution in [3.05, 3.63) is 52.4 Å². The van der Waals surface area contributed by atoms with Gasteiger partial charge in [0.25, 0.3) is 11.8 Å². The number of hydrogen-bond donors (Lipinski definition) is 2. The van der Waals surface area contributed by atoms with Crippen molar-refractivity contribution in [2.45, 2.75) is 37.9 Å². The first kappa shape index (κ1) is 20.4. The number of nitrogens with one attached hydrogen (secondary N) is 2. The molecule has 3 rings (SSSR count). The fraction of sp³-hybridized carbons (Fsp3) is 0.368. The lowest BCUT2D eigenvalue weighted by Gasteiger charge is -2.31. The number of benzene rings is 1. The zero-order valence-corrected chi connectivity index (χ0v) is 16.3. The molecule has 1 heterocycles. The van der Waals surface area contributed by atoms with Crippen LogP contribution >= 0.6 is 15.9 Å². The number of hydrogen-bond acceptors (Lipinski definition) is 3. The summed E-state index contributed by atoms with van der Waals surface area (Å²) in [5, 5.41) is 5.31. The van der Waals surface area contributed by atoms with E-state index in [2.05, 4.69) is 26.6 Å². The van der Waals surface area contributed by atoms with Gasteiger partial charge in [-0.05, 0) is 71.6 Å². The van der Waals surface area contributed by atoms with Gasteiger partial charge in [-0.1, -0.05) is 6.42 Å². The van der Waals surface area contributed by atoms with Gasteiger partial charge in [-0.15, -0.1) is 0 Å². The van der Waals surface area contributed by atoms with Crippen LogP contribution < -0.4 is 10.6 Å². The first-order valence-electron chi connectivity index (χ1n) is 8.76. The van der Waals surface area contributed by atoms with Crippen molar-refractivity contribution in [1.82, 2.24) is 5.32 Å². The maximum atomic E-state index is 12.9. The molecular formula is C19H18BrF3N2O3. The summed E-state index contributed by atoms with van der Waals surface area (Å²) < 4.78 is 44.3. The molecule has 0 spiro atoms. The topological polar surface area (TPSA) is 71.3 Å². The van der Waals surface area contributed by atoms with E-state index in [1.807, 2.05) is 0 Å². The second-order valence-corrected chi connectivity index (χ2v) is 7.49. The molecular weight excluding hydrogens is 441 g/mol. The number of halogens is 4. The lowest BCUT2D eigenvalue weighted by atomic mass is 9.85. The number of carbonyl (C=O) groups is 2. The third-order valence-electron chi connectivity index (χ3n) is 4.67. The zero-order chi connectivity index (χ0) is 20.3. The molecule has 1 saturated carbocycles. The van der Waals surface area contributed by atoms with Crippen LogP contribution in [-0.2, 0) is 0 Å². The quantitative estimate of drug-likeness (QED) is 0.665. The highest BCUT2D eigenvalue weighted by molar-refractivity contribution is 9.10. The normalized spacial score (nSPS) is 19.9. The van der Waals surface area contributed by atoms with Crippen LogP contribution in [0.3, 0.4) is 0 Å². The van der Waals surface area contributed by atoms with E-state index in [0.717, 1.165) is 0 Å². The molecule has 150 valence electrons. The fourth-order valence-electron chi connectivity index (χ4n) is 3.22. The Balaban J connectivity index is 1.57. The predicted molar refractivity (Wildman–Crippen MR) is 100 cm³/mol. The Morgan fingerprint density at radius 3 is 2.36 bits per heavy atom. The summed E-state index contributed by atoms with van der Waals surface area (Å²) in [6.07, 6.45) is -3.25. The molecule has 2 N–H and O–H groups in total. The monoisotopic (exact) mass is 458 g/mol. The van der Waals surface area contributed by atoms with E-state index in [9.17, 15) is 22.8 Å². The molecule has 1 aromatic heterocycles. The molecule has 0 bridgehead atoms. The van der Waals surface area contributed by atoms with E-state index in [4.69, 9.17) is 4.42 Å². The van der Waals surface area contributed by atoms with E-state index in [1.54, 1.807) is 18.2 Å². The van der Waals surface area contributed by atoms with Crippen LogP contribution in [0.15, 0.2) is 45.5 Å². The minimum Gasteiger partial charge on any atom is -0.444 e. The summed E-state index contributed by atoms with van der Waals surface area (Å²) in [6.45, 7) is 0. The van der Waals surface area contributed by atoms with Crippen molar-refractivity contribution in [1.29, 1.82) is 0 Å². The molecule has 0 aliphatic heterocycles. The van der Waals surface area contributed by atoms with Crippen LogP contribution in [0.5, 0.6) is 0 Å². The van der Waals surface area contributed by atoms with Crippen molar-refractivity contribution in [3.8, 4) is 0 Å². The Labute approximate surface area is 167 Å². The molecule has 28 heavy (non-hydrogen) atoms. The maximum absolute atomic E-state index is 12.9. The Bertz CT molecular complexity index is 849. The summed E-state index contributed by atoms with van der Waals surface area (Å²) in [4.78, 5) is 24.4. The zero-order valence-electron chi connectivity index (χ0n) is 14.7. The highest BCUT2D eigenvalue weighted by Gasteiger charge is 2.42. The van der Waals surface area contributed by atoms with Crippen molar-refractivity contribution < 1.29 is 27.2 Å². The molecule has 5 nitrogen and oxygen atoms in total. The largest absolute Gasteiger partial charge is 0.444 e. The Morgan fingerprint density at radius 2 is 1.75 bits per heavy atom. The fourth-order valence-corrected chi connectivity index (χ4v) is 3.53. The molecule has 0 saturated heterocycles. The molecule has 1 aliphatic rings. The standard InChI is InChI=1S/C19H18BrF3N2O3/c20-16-9-8-15(28-16)18(27)24-13-6-4-11(5-7-13)17(26)25-14-3-1-2-12(10-14)19(21,22)23/h4-9,12,14H,1-3,10H2,(H,24,27)(H,25,26). The molecule has 9 heteroatoms. The van der Waals surface area contributed by atoms with E-state index in [-0.39, 0.29) is 18.6 Å². The second-order valence-electron chi connectivity index (χ2n) is 6.71. The molecule has 2 amide bonds. The SMILES string of the molecule is O=C(NC1CCCC(C(F)(F)F)C1)c1ccc(NC(=O)c2ccc(Br)o2)cc1. The smallest absolute Gasteiger partial charge is 0.391 e. The van der Waals surface area contributed by atoms with Gasteiger partial charge < -0.3 is 15.1 Å². The van der Waals surface area contributed by atoms with Crippen LogP contribution in [0.25, 0.3) is 0 Å². The predicted octanol–water partition coefficient (Wildman–Crippen LogP) is 5.15. The molecule has 0 radical (unpaired) electrons. The number of furan rings is 1. The van der Waals surface area contributed by atoms with E-state index in [1.165, 1.54) is 18.2 Å². The average molecular weight is 459 g/mol. The molecule has 2 unspecified atom stereocenters. The van der Waals surface area contributed by atoms with Gasteiger partial charge in [-0.3, -0.25) is 9.59 Å². The molecule has 1 aromatic carbocycles. The number of anilines is 1. The van der Waals surface area contributed by atoms with Gasteiger partial charge in [0, 0.05) is 17.3 Å². The van der Waals surface area contributed by atoms with Gasteiger partial charge in [0.1, 0.15) is 0 Å². The van der Waals surface area contributed by atoms with Gasteiger partial charge in [-0.2, -0.15) is 13.2 Å². The highest BCUT2D eigenvalue weighted by Crippen LogP contribution is 2.37. The summed E-state index contributed by atoms with van der Waals surface area (Å²) in [7, 11) is 0. The van der Waals surface area contributed by atoms with Crippen molar-refractivity contribution in [2.24, 2.45) is 5.92 Å². The van der Waals surface area contributed by atoms with Gasteiger partial charge in [0.05, 0.1) is 5.92 Å². The van der Waals surface area contributed by atoms with Crippen LogP contribution in [-0.4, -0.2) is 24.0 Å². The van der Waals surface area contributed by atoms with E-state index < -0.39 is 30.0 Å². The summed E-state index contributed by atoms with van der Waals surface area (Å²) in [5.41, 5.74) is 0.775. The Morgan fingerprint density at radius 1 is 1.04 bits per heavy atom. The van der Waals surface area contributed by atoms with Crippen LogP contribution in [0.1, 0.15) is 46.6 Å². The summed E-state index contributed by atoms with van der Waals surface area (Å²) >= 11 is 3.11. The molecule has 2 aromatic rings. The number of rotatable bonds is 4. The van der Waals surface area contributed by atoms with E-state index in [0.29, 0.717) is 28.8 Å². The van der Waals surface area contributed by atoms with Gasteiger partial charge in [-0.25, -0.2) is 0 Å². The lowest BCUT2D eigenvalue weighted by Crippen LogP contribution is -2.41. The van der Waals surface area contributed by atoms with Crippen molar-refractivity contribution in [2.75, 3.05) is 5.32 Å². The van der Waals surface area contributed by atoms with Gasteiger partial charge in [0.2, 0.25) is 0 Å². The third-order valence-corrected chi connectivity index (χ3v) is 5.10. The van der Waals surface area contributed by atoms with Crippen LogP contribution in [0, 0.1) is 5.92 Å². The average Bonchev–Trinajstić information content (AvgIpc) is 3.08. The number of alkyl halides is 3. The third kappa shape index (κ3) is 5.15. The highest BCUT2D eigenvalue weighted by atomic mass is 79.9. The molecule has 1 aliphatic carbocycles. The first-order valence-corrected chi connectivity index (χ1v) is 9.56. The number of carbonyl (C=O) groups excluding carboxylic acids is 2. The van der Waals surface area contributed by atoms with Gasteiger partial charge >= 0.3 is 6.18 Å². The molecule has 1 fully saturated rings. The second kappa shape index (κ2) is 8.38. The maximum Gasteiger partial charge on any atom is 0.391 e.